The molecule has 1 fully saturated rings. The number of aliphatic hydroxyl groups is 1. The molecule has 0 spiro atoms. The maximum Gasteiger partial charge on any atom is 0.220 e. The maximum atomic E-state index is 11.2. The molecule has 1 aliphatic rings. The van der Waals surface area contributed by atoms with Crippen molar-refractivity contribution in [2.45, 2.75) is 18.9 Å². The first-order valence-corrected chi connectivity index (χ1v) is 8.43. The Morgan fingerprint density at radius 2 is 1.92 bits per heavy atom. The molecule has 0 aliphatic carbocycles. The SMILES string of the molecule is NC(=O)C1CCN(C[C@@H](O)COc2ccc3ccccc3c2)CC1. The van der Waals surface area contributed by atoms with E-state index >= 15 is 0 Å². The van der Waals surface area contributed by atoms with Crippen molar-refractivity contribution < 1.29 is 14.6 Å². The molecule has 1 heterocycles. The molecular formula is C19H24N2O3. The standard InChI is InChI=1S/C19H24N2O3/c20-19(23)15-7-9-21(10-8-15)12-17(22)13-24-18-6-5-14-3-1-2-4-16(14)11-18/h1-6,11,15,17,22H,7-10,12-13H2,(H2,20,23)/t17-/m1/s1. The summed E-state index contributed by atoms with van der Waals surface area (Å²) in [5, 5.41) is 12.5. The lowest BCUT2D eigenvalue weighted by Crippen LogP contribution is -2.43. The summed E-state index contributed by atoms with van der Waals surface area (Å²) in [5.41, 5.74) is 5.34. The number of nitrogens with zero attached hydrogens (tertiary/aromatic N) is 1. The van der Waals surface area contributed by atoms with E-state index in [4.69, 9.17) is 10.5 Å². The average molecular weight is 328 g/mol. The molecule has 1 amide bonds. The first-order valence-electron chi connectivity index (χ1n) is 8.43. The summed E-state index contributed by atoms with van der Waals surface area (Å²) < 4.78 is 5.73. The van der Waals surface area contributed by atoms with E-state index in [2.05, 4.69) is 11.0 Å². The van der Waals surface area contributed by atoms with Crippen molar-refractivity contribution in [1.29, 1.82) is 0 Å². The van der Waals surface area contributed by atoms with Gasteiger partial charge in [-0.05, 0) is 48.8 Å². The topological polar surface area (TPSA) is 75.8 Å². The summed E-state index contributed by atoms with van der Waals surface area (Å²) in [5.74, 6) is 0.530. The highest BCUT2D eigenvalue weighted by molar-refractivity contribution is 5.83. The number of carbonyl (C=O) groups excluding carboxylic acids is 1. The second-order valence-electron chi connectivity index (χ2n) is 6.45. The molecule has 0 aromatic heterocycles. The number of β-amino-alcohol motifs (C(OH)–C–C–N with tert-alkyl or cyclic N) is 1. The highest BCUT2D eigenvalue weighted by Crippen LogP contribution is 2.21. The maximum absolute atomic E-state index is 11.2. The lowest BCUT2D eigenvalue weighted by Gasteiger charge is -2.31. The van der Waals surface area contributed by atoms with Crippen molar-refractivity contribution in [1.82, 2.24) is 4.90 Å². The van der Waals surface area contributed by atoms with Crippen molar-refractivity contribution >= 4 is 16.7 Å². The zero-order chi connectivity index (χ0) is 16.9. The second-order valence-corrected chi connectivity index (χ2v) is 6.45. The normalized spacial score (nSPS) is 17.7. The van der Waals surface area contributed by atoms with Crippen molar-refractivity contribution in [3.63, 3.8) is 0 Å². The van der Waals surface area contributed by atoms with Gasteiger partial charge in [-0.2, -0.15) is 0 Å². The molecule has 0 saturated carbocycles. The van der Waals surface area contributed by atoms with Gasteiger partial charge in [0.05, 0.1) is 0 Å². The van der Waals surface area contributed by atoms with Crippen LogP contribution in [-0.2, 0) is 4.79 Å². The van der Waals surface area contributed by atoms with Gasteiger partial charge in [-0.25, -0.2) is 0 Å². The van der Waals surface area contributed by atoms with Gasteiger partial charge in [0.15, 0.2) is 0 Å². The van der Waals surface area contributed by atoms with Gasteiger partial charge in [-0.15, -0.1) is 0 Å². The molecule has 0 unspecified atom stereocenters. The fraction of sp³-hybridized carbons (Fsp3) is 0.421. The Morgan fingerprint density at radius 1 is 1.21 bits per heavy atom. The van der Waals surface area contributed by atoms with Crippen molar-refractivity contribution in [3.8, 4) is 5.75 Å². The largest absolute Gasteiger partial charge is 0.491 e. The number of hydrogen-bond acceptors (Lipinski definition) is 4. The van der Waals surface area contributed by atoms with Gasteiger partial charge in [0.2, 0.25) is 5.91 Å². The minimum Gasteiger partial charge on any atom is -0.491 e. The van der Waals surface area contributed by atoms with E-state index in [9.17, 15) is 9.90 Å². The number of hydrogen-bond donors (Lipinski definition) is 2. The second kappa shape index (κ2) is 7.64. The third-order valence-corrected chi connectivity index (χ3v) is 4.62. The molecule has 0 bridgehead atoms. The number of ether oxygens (including phenoxy) is 1. The van der Waals surface area contributed by atoms with E-state index in [0.717, 1.165) is 37.1 Å². The van der Waals surface area contributed by atoms with Gasteiger partial charge in [-0.1, -0.05) is 30.3 Å². The molecule has 2 aromatic carbocycles. The average Bonchev–Trinajstić information content (AvgIpc) is 2.60. The van der Waals surface area contributed by atoms with Gasteiger partial charge in [-0.3, -0.25) is 4.79 Å². The van der Waals surface area contributed by atoms with Gasteiger partial charge < -0.3 is 20.5 Å². The smallest absolute Gasteiger partial charge is 0.220 e. The van der Waals surface area contributed by atoms with Crippen LogP contribution < -0.4 is 10.5 Å². The molecule has 5 nitrogen and oxygen atoms in total. The van der Waals surface area contributed by atoms with Crippen LogP contribution in [0.4, 0.5) is 0 Å². The van der Waals surface area contributed by atoms with Crippen LogP contribution in [0.3, 0.4) is 0 Å². The van der Waals surface area contributed by atoms with E-state index < -0.39 is 6.10 Å². The Labute approximate surface area is 142 Å². The molecule has 3 rings (SSSR count). The van der Waals surface area contributed by atoms with Crippen LogP contribution in [0.2, 0.25) is 0 Å². The summed E-state index contributed by atoms with van der Waals surface area (Å²) in [6.45, 7) is 2.40. The Bertz CT molecular complexity index is 696. The fourth-order valence-corrected chi connectivity index (χ4v) is 3.20. The van der Waals surface area contributed by atoms with Gasteiger partial charge in [0, 0.05) is 12.5 Å². The van der Waals surface area contributed by atoms with Crippen LogP contribution in [0.15, 0.2) is 42.5 Å². The lowest BCUT2D eigenvalue weighted by molar-refractivity contribution is -0.123. The van der Waals surface area contributed by atoms with Gasteiger partial charge >= 0.3 is 0 Å². The molecule has 2 aromatic rings. The van der Waals surface area contributed by atoms with Crippen molar-refractivity contribution in [3.05, 3.63) is 42.5 Å². The molecule has 1 atom stereocenters. The van der Waals surface area contributed by atoms with Crippen molar-refractivity contribution in [2.24, 2.45) is 11.7 Å². The number of rotatable bonds is 6. The van der Waals surface area contributed by atoms with Crippen LogP contribution in [-0.4, -0.2) is 48.3 Å². The number of primary amides is 1. The zero-order valence-electron chi connectivity index (χ0n) is 13.7. The Hall–Kier alpha value is -2.11. The fourth-order valence-electron chi connectivity index (χ4n) is 3.20. The van der Waals surface area contributed by atoms with Gasteiger partial charge in [0.1, 0.15) is 18.5 Å². The molecule has 24 heavy (non-hydrogen) atoms. The summed E-state index contributed by atoms with van der Waals surface area (Å²) >= 11 is 0. The summed E-state index contributed by atoms with van der Waals surface area (Å²) in [6, 6.07) is 14.0. The van der Waals surface area contributed by atoms with E-state index in [1.54, 1.807) is 0 Å². The number of benzene rings is 2. The van der Waals surface area contributed by atoms with E-state index in [-0.39, 0.29) is 18.4 Å². The van der Waals surface area contributed by atoms with Crippen LogP contribution >= 0.6 is 0 Å². The summed E-state index contributed by atoms with van der Waals surface area (Å²) in [6.07, 6.45) is 0.989. The molecule has 3 N–H and O–H groups in total. The van der Waals surface area contributed by atoms with Crippen LogP contribution in [0.25, 0.3) is 10.8 Å². The van der Waals surface area contributed by atoms with Crippen LogP contribution in [0.1, 0.15) is 12.8 Å². The predicted molar refractivity (Wildman–Crippen MR) is 93.8 cm³/mol. The number of aliphatic hydroxyl groups excluding tert-OH is 1. The van der Waals surface area contributed by atoms with E-state index in [1.807, 2.05) is 36.4 Å². The Kier molecular flexibility index (Phi) is 5.33. The summed E-state index contributed by atoms with van der Waals surface area (Å²) in [4.78, 5) is 13.3. The molecule has 5 heteroatoms. The predicted octanol–water partition coefficient (Wildman–Crippen LogP) is 1.78. The lowest BCUT2D eigenvalue weighted by atomic mass is 9.96. The van der Waals surface area contributed by atoms with Crippen LogP contribution in [0.5, 0.6) is 5.75 Å². The minimum atomic E-state index is -0.554. The highest BCUT2D eigenvalue weighted by Gasteiger charge is 2.24. The molecule has 128 valence electrons. The third kappa shape index (κ3) is 4.24. The Balaban J connectivity index is 1.46. The number of piperidine rings is 1. The number of carbonyl (C=O) groups is 1. The van der Waals surface area contributed by atoms with E-state index in [0.29, 0.717) is 6.54 Å². The number of amides is 1. The minimum absolute atomic E-state index is 0.0211. The monoisotopic (exact) mass is 328 g/mol. The molecule has 0 radical (unpaired) electrons. The first-order chi connectivity index (χ1) is 11.6. The zero-order valence-corrected chi connectivity index (χ0v) is 13.7. The first kappa shape index (κ1) is 16.7. The number of fused-ring (bicyclic) bond motifs is 1. The Morgan fingerprint density at radius 3 is 2.62 bits per heavy atom. The third-order valence-electron chi connectivity index (χ3n) is 4.62. The van der Waals surface area contributed by atoms with E-state index in [1.165, 1.54) is 5.39 Å². The highest BCUT2D eigenvalue weighted by atomic mass is 16.5. The molecular weight excluding hydrogens is 304 g/mol. The van der Waals surface area contributed by atoms with Crippen molar-refractivity contribution in [2.75, 3.05) is 26.2 Å². The molecule has 1 aliphatic heterocycles. The number of nitrogens with two attached hydrogens (primary N) is 1. The van der Waals surface area contributed by atoms with Crippen LogP contribution in [0, 0.1) is 5.92 Å². The molecule has 1 saturated heterocycles. The number of likely N-dealkylation sites (tertiary alicyclic amines) is 1. The quantitative estimate of drug-likeness (QED) is 0.847. The summed E-state index contributed by atoms with van der Waals surface area (Å²) in [7, 11) is 0. The van der Waals surface area contributed by atoms with Gasteiger partial charge in [0.25, 0.3) is 0 Å².